The van der Waals surface area contributed by atoms with E-state index < -0.39 is 18.6 Å². The van der Waals surface area contributed by atoms with E-state index in [-0.39, 0.29) is 23.9 Å². The third-order valence-electron chi connectivity index (χ3n) is 6.28. The second kappa shape index (κ2) is 8.48. The average Bonchev–Trinajstić information content (AvgIpc) is 3.46. The van der Waals surface area contributed by atoms with Crippen LogP contribution in [0.15, 0.2) is 53.4 Å². The molecule has 1 aliphatic heterocycles. The second-order valence-corrected chi connectivity index (χ2v) is 8.97. The zero-order valence-corrected chi connectivity index (χ0v) is 19.5. The first-order valence-corrected chi connectivity index (χ1v) is 11.3. The number of rotatable bonds is 5. The summed E-state index contributed by atoms with van der Waals surface area (Å²) < 4.78 is 51.9. The molecular formula is C26H24F3N3O3. The summed E-state index contributed by atoms with van der Waals surface area (Å²) >= 11 is 0. The van der Waals surface area contributed by atoms with Crippen LogP contribution >= 0.6 is 0 Å². The van der Waals surface area contributed by atoms with Crippen LogP contribution in [0.5, 0.6) is 5.75 Å². The van der Waals surface area contributed by atoms with Crippen LogP contribution in [0.25, 0.3) is 33.2 Å². The average molecular weight is 483 g/mol. The zero-order valence-electron chi connectivity index (χ0n) is 19.5. The Kier molecular flexibility index (Phi) is 5.57. The molecule has 0 bridgehead atoms. The molecule has 9 heteroatoms. The Balaban J connectivity index is 1.51. The lowest BCUT2D eigenvalue weighted by Gasteiger charge is -2.30. The molecular weight excluding hydrogens is 459 g/mol. The van der Waals surface area contributed by atoms with Gasteiger partial charge in [-0.1, -0.05) is 6.07 Å². The van der Waals surface area contributed by atoms with E-state index in [1.54, 1.807) is 12.3 Å². The maximum Gasteiger partial charge on any atom is 0.406 e. The monoisotopic (exact) mass is 483 g/mol. The van der Waals surface area contributed by atoms with Crippen molar-refractivity contribution < 1.29 is 27.1 Å². The van der Waals surface area contributed by atoms with Gasteiger partial charge in [-0.2, -0.15) is 18.3 Å². The van der Waals surface area contributed by atoms with Gasteiger partial charge in [-0.3, -0.25) is 9.48 Å². The third kappa shape index (κ3) is 4.26. The molecule has 0 saturated heterocycles. The third-order valence-corrected chi connectivity index (χ3v) is 6.28. The second-order valence-electron chi connectivity index (χ2n) is 8.97. The number of nitrogens with zero attached hydrogens (tertiary/aromatic N) is 3. The Morgan fingerprint density at radius 3 is 2.63 bits per heavy atom. The van der Waals surface area contributed by atoms with Crippen molar-refractivity contribution >= 4 is 16.9 Å². The van der Waals surface area contributed by atoms with Crippen molar-refractivity contribution in [2.75, 3.05) is 20.2 Å². The standard InChI is InChI=1S/C26H24F3N3O3/c1-15(2)32-12-19(11-30-32)16-4-5-20-21(13-35-22(20)9-16)18-8-17-6-7-31(14-26(27,28)29)25(33)24(17)23(10-18)34-3/h4-5,8-13,15H,6-7,14H2,1-3H3. The van der Waals surface area contributed by atoms with Crippen molar-refractivity contribution in [1.29, 1.82) is 0 Å². The topological polar surface area (TPSA) is 60.5 Å². The molecule has 182 valence electrons. The summed E-state index contributed by atoms with van der Waals surface area (Å²) in [7, 11) is 1.41. The number of halogens is 3. The molecule has 0 fully saturated rings. The van der Waals surface area contributed by atoms with Crippen molar-refractivity contribution in [2.45, 2.75) is 32.5 Å². The highest BCUT2D eigenvalue weighted by Gasteiger charge is 2.37. The lowest BCUT2D eigenvalue weighted by molar-refractivity contribution is -0.141. The van der Waals surface area contributed by atoms with Crippen LogP contribution in [0.4, 0.5) is 13.2 Å². The molecule has 35 heavy (non-hydrogen) atoms. The molecule has 6 nitrogen and oxygen atoms in total. The highest BCUT2D eigenvalue weighted by Crippen LogP contribution is 2.39. The fourth-order valence-electron chi connectivity index (χ4n) is 4.51. The van der Waals surface area contributed by atoms with E-state index in [0.29, 0.717) is 17.6 Å². The van der Waals surface area contributed by atoms with Crippen molar-refractivity contribution in [3.8, 4) is 28.0 Å². The van der Waals surface area contributed by atoms with Gasteiger partial charge < -0.3 is 14.1 Å². The van der Waals surface area contributed by atoms with E-state index in [2.05, 4.69) is 18.9 Å². The van der Waals surface area contributed by atoms with Gasteiger partial charge in [-0.25, -0.2) is 0 Å². The number of carbonyl (C=O) groups is 1. The van der Waals surface area contributed by atoms with Gasteiger partial charge in [-0.05, 0) is 61.2 Å². The molecule has 0 atom stereocenters. The van der Waals surface area contributed by atoms with Gasteiger partial charge in [0.15, 0.2) is 0 Å². The molecule has 0 N–H and O–H groups in total. The van der Waals surface area contributed by atoms with Gasteiger partial charge in [0, 0.05) is 35.3 Å². The Labute approximate surface area is 199 Å². The Morgan fingerprint density at radius 2 is 1.94 bits per heavy atom. The summed E-state index contributed by atoms with van der Waals surface area (Å²) in [6, 6.07) is 9.70. The highest BCUT2D eigenvalue weighted by molar-refractivity contribution is 6.02. The number of fused-ring (bicyclic) bond motifs is 2. The maximum atomic E-state index is 12.9. The highest BCUT2D eigenvalue weighted by atomic mass is 19.4. The minimum absolute atomic E-state index is 0.00247. The van der Waals surface area contributed by atoms with E-state index in [1.165, 1.54) is 7.11 Å². The molecule has 3 heterocycles. The molecule has 4 aromatic rings. The van der Waals surface area contributed by atoms with E-state index >= 15 is 0 Å². The Hall–Kier alpha value is -3.75. The summed E-state index contributed by atoms with van der Waals surface area (Å²) in [4.78, 5) is 13.6. The van der Waals surface area contributed by atoms with Gasteiger partial charge >= 0.3 is 6.18 Å². The summed E-state index contributed by atoms with van der Waals surface area (Å²) in [5, 5.41) is 5.28. The van der Waals surface area contributed by atoms with E-state index in [1.807, 2.05) is 41.3 Å². The lowest BCUT2D eigenvalue weighted by atomic mass is 9.92. The largest absolute Gasteiger partial charge is 0.496 e. The molecule has 0 spiro atoms. The predicted octanol–water partition coefficient (Wildman–Crippen LogP) is 6.11. The van der Waals surface area contributed by atoms with Gasteiger partial charge in [0.1, 0.15) is 17.9 Å². The van der Waals surface area contributed by atoms with Crippen molar-refractivity contribution in [3.63, 3.8) is 0 Å². The minimum atomic E-state index is -4.46. The van der Waals surface area contributed by atoms with Gasteiger partial charge in [0.25, 0.3) is 5.91 Å². The number of hydrogen-bond acceptors (Lipinski definition) is 4. The summed E-state index contributed by atoms with van der Waals surface area (Å²) in [6.07, 6.45) is 1.30. The summed E-state index contributed by atoms with van der Waals surface area (Å²) in [5.74, 6) is -0.419. The van der Waals surface area contributed by atoms with Crippen molar-refractivity contribution in [3.05, 3.63) is 60.1 Å². The molecule has 1 aliphatic rings. The first-order valence-electron chi connectivity index (χ1n) is 11.3. The number of benzene rings is 2. The van der Waals surface area contributed by atoms with Crippen LogP contribution in [-0.4, -0.2) is 47.0 Å². The molecule has 0 radical (unpaired) electrons. The van der Waals surface area contributed by atoms with Crippen LogP contribution < -0.4 is 4.74 Å². The predicted molar refractivity (Wildman–Crippen MR) is 125 cm³/mol. The fraction of sp³-hybridized carbons (Fsp3) is 0.308. The molecule has 5 rings (SSSR count). The first kappa shape index (κ1) is 23.0. The number of methoxy groups -OCH3 is 1. The number of amides is 1. The normalized spacial score (nSPS) is 14.1. The van der Waals surface area contributed by atoms with Crippen LogP contribution in [0.1, 0.15) is 35.8 Å². The molecule has 0 saturated carbocycles. The number of carbonyl (C=O) groups excluding carboxylic acids is 1. The molecule has 0 unspecified atom stereocenters. The van der Waals surface area contributed by atoms with E-state index in [0.717, 1.165) is 32.5 Å². The Bertz CT molecular complexity index is 1400. The number of aromatic nitrogens is 2. The number of hydrogen-bond donors (Lipinski definition) is 0. The first-order chi connectivity index (χ1) is 16.6. The fourth-order valence-corrected chi connectivity index (χ4v) is 4.51. The SMILES string of the molecule is COc1cc(-c2coc3cc(-c4cnn(C(C)C)c4)ccc23)cc2c1C(=O)N(CC(F)(F)F)CC2. The van der Waals surface area contributed by atoms with E-state index in [4.69, 9.17) is 9.15 Å². The summed E-state index contributed by atoms with van der Waals surface area (Å²) in [5.41, 5.74) is 5.09. The van der Waals surface area contributed by atoms with Crippen LogP contribution in [0, 0.1) is 0 Å². The van der Waals surface area contributed by atoms with Gasteiger partial charge in [-0.15, -0.1) is 0 Å². The minimum Gasteiger partial charge on any atom is -0.496 e. The smallest absolute Gasteiger partial charge is 0.406 e. The van der Waals surface area contributed by atoms with Gasteiger partial charge in [0.2, 0.25) is 0 Å². The number of furan rings is 1. The Morgan fingerprint density at radius 1 is 1.14 bits per heavy atom. The lowest BCUT2D eigenvalue weighted by Crippen LogP contribution is -2.43. The molecule has 0 aliphatic carbocycles. The number of ether oxygens (including phenoxy) is 1. The van der Waals surface area contributed by atoms with E-state index in [9.17, 15) is 18.0 Å². The maximum absolute atomic E-state index is 12.9. The van der Waals surface area contributed by atoms with Crippen molar-refractivity contribution in [2.24, 2.45) is 0 Å². The molecule has 1 amide bonds. The summed E-state index contributed by atoms with van der Waals surface area (Å²) in [6.45, 7) is 2.85. The number of alkyl halides is 3. The van der Waals surface area contributed by atoms with Gasteiger partial charge in [0.05, 0.1) is 25.1 Å². The van der Waals surface area contributed by atoms with Crippen molar-refractivity contribution in [1.82, 2.24) is 14.7 Å². The molecule has 2 aromatic heterocycles. The quantitative estimate of drug-likeness (QED) is 0.344. The zero-order chi connectivity index (χ0) is 24.9. The van der Waals surface area contributed by atoms with Crippen LogP contribution in [0.2, 0.25) is 0 Å². The van der Waals surface area contributed by atoms with Crippen LogP contribution in [0.3, 0.4) is 0 Å². The molecule has 2 aromatic carbocycles. The van der Waals surface area contributed by atoms with Crippen LogP contribution in [-0.2, 0) is 6.42 Å².